The zero-order valence-corrected chi connectivity index (χ0v) is 12.7. The molecule has 0 aromatic heterocycles. The van der Waals surface area contributed by atoms with Crippen LogP contribution in [0.25, 0.3) is 0 Å². The Morgan fingerprint density at radius 1 is 1.35 bits per heavy atom. The summed E-state index contributed by atoms with van der Waals surface area (Å²) in [6.45, 7) is 7.38. The van der Waals surface area contributed by atoms with Crippen LogP contribution >= 0.6 is 0 Å². The first kappa shape index (κ1) is 14.8. The minimum absolute atomic E-state index is 0.292. The molecule has 0 spiro atoms. The normalized spacial score (nSPS) is 29.6. The van der Waals surface area contributed by atoms with E-state index < -0.39 is 13.7 Å². The number of hydrogen-bond acceptors (Lipinski definition) is 2. The van der Waals surface area contributed by atoms with Crippen molar-refractivity contribution in [3.63, 3.8) is 0 Å². The summed E-state index contributed by atoms with van der Waals surface area (Å²) >= 11 is 0. The Labute approximate surface area is 107 Å². The van der Waals surface area contributed by atoms with Gasteiger partial charge in [-0.2, -0.15) is 0 Å². The van der Waals surface area contributed by atoms with E-state index in [1.54, 1.807) is 7.11 Å². The van der Waals surface area contributed by atoms with Crippen molar-refractivity contribution in [1.29, 1.82) is 0 Å². The molecular weight excluding hydrogens is 228 g/mol. The lowest BCUT2D eigenvalue weighted by atomic mass is 9.74. The summed E-state index contributed by atoms with van der Waals surface area (Å²) in [5.41, 5.74) is 2.58. The molecule has 1 saturated carbocycles. The third-order valence-corrected chi connectivity index (χ3v) is 4.24. The van der Waals surface area contributed by atoms with Gasteiger partial charge in [0.2, 0.25) is 0 Å². The van der Waals surface area contributed by atoms with Crippen molar-refractivity contribution in [3.05, 3.63) is 0 Å². The van der Waals surface area contributed by atoms with E-state index in [0.717, 1.165) is 32.3 Å². The van der Waals surface area contributed by atoms with E-state index in [-0.39, 0.29) is 0 Å². The van der Waals surface area contributed by atoms with Gasteiger partial charge in [-0.3, -0.25) is 0 Å². The lowest BCUT2D eigenvalue weighted by Crippen LogP contribution is -2.40. The summed E-state index contributed by atoms with van der Waals surface area (Å²) < 4.78 is 5.13. The fraction of sp³-hybridized carbons (Fsp3) is 0.857. The van der Waals surface area contributed by atoms with Crippen LogP contribution in [0.1, 0.15) is 32.1 Å². The fourth-order valence-electron chi connectivity index (χ4n) is 2.33. The Kier molecular flexibility index (Phi) is 5.24. The summed E-state index contributed by atoms with van der Waals surface area (Å²) in [6.07, 6.45) is 5.15. The average Bonchev–Trinajstić information content (AvgIpc) is 2.25. The third-order valence-electron chi connectivity index (χ3n) is 3.36. The Morgan fingerprint density at radius 2 is 2.06 bits per heavy atom. The molecule has 3 heteroatoms. The first-order valence-corrected chi connectivity index (χ1v) is 10.1. The van der Waals surface area contributed by atoms with Gasteiger partial charge in [-0.05, 0) is 25.7 Å². The minimum atomic E-state index is -1.40. The molecule has 0 amide bonds. The van der Waals surface area contributed by atoms with E-state index in [1.165, 1.54) is 6.42 Å². The van der Waals surface area contributed by atoms with Crippen molar-refractivity contribution in [1.82, 2.24) is 0 Å². The van der Waals surface area contributed by atoms with Gasteiger partial charge in [-0.15, -0.1) is 5.54 Å². The third kappa shape index (κ3) is 4.83. The van der Waals surface area contributed by atoms with E-state index in [2.05, 4.69) is 31.1 Å². The van der Waals surface area contributed by atoms with Gasteiger partial charge >= 0.3 is 0 Å². The molecule has 0 radical (unpaired) electrons. The summed E-state index contributed by atoms with van der Waals surface area (Å²) in [5, 5.41) is 10.7. The number of rotatable bonds is 3. The van der Waals surface area contributed by atoms with Gasteiger partial charge in [0.1, 0.15) is 13.7 Å². The van der Waals surface area contributed by atoms with Gasteiger partial charge in [0.15, 0.2) is 0 Å². The molecule has 2 nitrogen and oxygen atoms in total. The smallest absolute Gasteiger partial charge is 0.129 e. The molecule has 0 saturated heterocycles. The lowest BCUT2D eigenvalue weighted by Gasteiger charge is -2.36. The highest BCUT2D eigenvalue weighted by molar-refractivity contribution is 6.83. The highest BCUT2D eigenvalue weighted by Gasteiger charge is 2.37. The SMILES string of the molecule is COCC[C@H]1CCCC[C@@]1(O)C#C[Si](C)(C)C. The van der Waals surface area contributed by atoms with E-state index in [4.69, 9.17) is 4.74 Å². The lowest BCUT2D eigenvalue weighted by molar-refractivity contribution is -0.00896. The molecule has 0 aromatic rings. The largest absolute Gasteiger partial charge is 0.385 e. The predicted octanol–water partition coefficient (Wildman–Crippen LogP) is 2.83. The van der Waals surface area contributed by atoms with Crippen molar-refractivity contribution >= 4 is 8.07 Å². The molecule has 0 unspecified atom stereocenters. The molecule has 0 aromatic carbocycles. The van der Waals surface area contributed by atoms with Crippen LogP contribution in [0.15, 0.2) is 0 Å². The van der Waals surface area contributed by atoms with Crippen LogP contribution in [0.5, 0.6) is 0 Å². The highest BCUT2D eigenvalue weighted by Crippen LogP contribution is 2.35. The Morgan fingerprint density at radius 3 is 2.65 bits per heavy atom. The number of ether oxygens (including phenoxy) is 1. The molecule has 1 N–H and O–H groups in total. The molecule has 1 aliphatic rings. The van der Waals surface area contributed by atoms with Gasteiger partial charge in [0.25, 0.3) is 0 Å². The van der Waals surface area contributed by atoms with E-state index in [1.807, 2.05) is 0 Å². The molecule has 0 aliphatic heterocycles. The molecular formula is C14H26O2Si. The fourth-order valence-corrected chi connectivity index (χ4v) is 2.92. The van der Waals surface area contributed by atoms with E-state index in [0.29, 0.717) is 5.92 Å². The van der Waals surface area contributed by atoms with Crippen molar-refractivity contribution < 1.29 is 9.84 Å². The van der Waals surface area contributed by atoms with E-state index in [9.17, 15) is 5.11 Å². The summed E-state index contributed by atoms with van der Waals surface area (Å²) in [7, 11) is 0.316. The minimum Gasteiger partial charge on any atom is -0.385 e. The summed E-state index contributed by atoms with van der Waals surface area (Å²) in [4.78, 5) is 0. The van der Waals surface area contributed by atoms with E-state index >= 15 is 0 Å². The van der Waals surface area contributed by atoms with Crippen LogP contribution in [0, 0.1) is 17.4 Å². The standard InChI is InChI=1S/C14H26O2Si/c1-16-11-8-13-7-5-6-9-14(13,15)10-12-17(2,3)4/h13,15H,5-9,11H2,1-4H3/t13-,14-/m1/s1. The van der Waals surface area contributed by atoms with Crippen molar-refractivity contribution in [2.45, 2.75) is 57.3 Å². The van der Waals surface area contributed by atoms with Gasteiger partial charge in [0, 0.05) is 19.6 Å². The van der Waals surface area contributed by atoms with Gasteiger partial charge in [-0.25, -0.2) is 0 Å². The number of hydrogen-bond donors (Lipinski definition) is 1. The van der Waals surface area contributed by atoms with Crippen molar-refractivity contribution in [2.24, 2.45) is 5.92 Å². The molecule has 1 aliphatic carbocycles. The molecule has 1 fully saturated rings. The molecule has 17 heavy (non-hydrogen) atoms. The molecule has 0 bridgehead atoms. The first-order valence-electron chi connectivity index (χ1n) is 6.63. The van der Waals surface area contributed by atoms with Crippen LogP contribution in [-0.2, 0) is 4.74 Å². The zero-order chi connectivity index (χ0) is 12.9. The van der Waals surface area contributed by atoms with Crippen LogP contribution < -0.4 is 0 Å². The maximum Gasteiger partial charge on any atom is 0.129 e. The van der Waals surface area contributed by atoms with Gasteiger partial charge in [0.05, 0.1) is 0 Å². The van der Waals surface area contributed by atoms with Crippen LogP contribution in [-0.4, -0.2) is 32.5 Å². The number of aliphatic hydroxyl groups is 1. The Bertz CT molecular complexity index is 298. The molecule has 1 rings (SSSR count). The summed E-state index contributed by atoms with van der Waals surface area (Å²) in [5.74, 6) is 3.50. The highest BCUT2D eigenvalue weighted by atomic mass is 28.3. The second-order valence-electron chi connectivity index (χ2n) is 6.15. The van der Waals surface area contributed by atoms with Crippen molar-refractivity contribution in [2.75, 3.05) is 13.7 Å². The second-order valence-corrected chi connectivity index (χ2v) is 10.9. The van der Waals surface area contributed by atoms with Crippen molar-refractivity contribution in [3.8, 4) is 11.5 Å². The quantitative estimate of drug-likeness (QED) is 0.620. The number of methoxy groups -OCH3 is 1. The summed E-state index contributed by atoms with van der Waals surface area (Å²) in [6, 6.07) is 0. The Balaban J connectivity index is 2.75. The maximum absolute atomic E-state index is 10.7. The molecule has 98 valence electrons. The monoisotopic (exact) mass is 254 g/mol. The van der Waals surface area contributed by atoms with Gasteiger partial charge in [-0.1, -0.05) is 32.0 Å². The zero-order valence-electron chi connectivity index (χ0n) is 11.7. The van der Waals surface area contributed by atoms with Gasteiger partial charge < -0.3 is 9.84 Å². The molecule has 0 heterocycles. The van der Waals surface area contributed by atoms with Crippen LogP contribution in [0.3, 0.4) is 0 Å². The first-order chi connectivity index (χ1) is 7.87. The second kappa shape index (κ2) is 6.04. The van der Waals surface area contributed by atoms with Crippen LogP contribution in [0.4, 0.5) is 0 Å². The maximum atomic E-state index is 10.7. The predicted molar refractivity (Wildman–Crippen MR) is 74.5 cm³/mol. The van der Waals surface area contributed by atoms with Crippen LogP contribution in [0.2, 0.25) is 19.6 Å². The molecule has 2 atom stereocenters. The Hall–Kier alpha value is -0.303. The average molecular weight is 254 g/mol. The topological polar surface area (TPSA) is 29.5 Å².